The van der Waals surface area contributed by atoms with Crippen LogP contribution in [0.1, 0.15) is 33.6 Å². The van der Waals surface area contributed by atoms with Crippen LogP contribution < -0.4 is 11.1 Å². The van der Waals surface area contributed by atoms with Gasteiger partial charge in [0.15, 0.2) is 0 Å². The van der Waals surface area contributed by atoms with Crippen molar-refractivity contribution in [3.63, 3.8) is 0 Å². The Balaban J connectivity index is 0. The second-order valence-corrected chi connectivity index (χ2v) is 5.45. The lowest BCUT2D eigenvalue weighted by Crippen LogP contribution is -2.17. The van der Waals surface area contributed by atoms with Gasteiger partial charge in [-0.05, 0) is 44.6 Å². The smallest absolute Gasteiger partial charge is 0.0998 e. The SMILES string of the molecule is C=C\C=C(NCCCC)/C(=C\C)C(/C#N)=C/C=C/C=C(N)\C=C/C.COC. The van der Waals surface area contributed by atoms with Crippen LogP contribution in [0.5, 0.6) is 0 Å². The molecular formula is C23H35N3O. The molecule has 0 aliphatic carbocycles. The van der Waals surface area contributed by atoms with Gasteiger partial charge in [-0.2, -0.15) is 5.26 Å². The first-order valence-corrected chi connectivity index (χ1v) is 9.06. The summed E-state index contributed by atoms with van der Waals surface area (Å²) in [7, 11) is 3.25. The Hall–Kier alpha value is -2.77. The third-order valence-electron chi connectivity index (χ3n) is 3.14. The molecule has 0 aromatic heterocycles. The van der Waals surface area contributed by atoms with Crippen molar-refractivity contribution in [1.82, 2.24) is 5.32 Å². The molecule has 0 radical (unpaired) electrons. The van der Waals surface area contributed by atoms with Crippen LogP contribution in [-0.2, 0) is 4.74 Å². The molecule has 0 spiro atoms. The third-order valence-corrected chi connectivity index (χ3v) is 3.14. The maximum absolute atomic E-state index is 9.48. The van der Waals surface area contributed by atoms with E-state index in [2.05, 4.69) is 29.6 Å². The van der Waals surface area contributed by atoms with Gasteiger partial charge in [-0.3, -0.25) is 0 Å². The number of nitrogens with one attached hydrogen (secondary N) is 1. The summed E-state index contributed by atoms with van der Waals surface area (Å²) in [5.41, 5.74) is 8.80. The Bertz CT molecular complexity index is 626. The van der Waals surface area contributed by atoms with Crippen LogP contribution in [0, 0.1) is 11.3 Å². The number of nitrogens with two attached hydrogens (primary N) is 1. The molecule has 4 heteroatoms. The first kappa shape index (κ1) is 26.5. The number of nitriles is 1. The summed E-state index contributed by atoms with van der Waals surface area (Å²) in [6.07, 6.45) is 18.6. The summed E-state index contributed by atoms with van der Waals surface area (Å²) in [6.45, 7) is 10.6. The van der Waals surface area contributed by atoms with Gasteiger partial charge in [0.2, 0.25) is 0 Å². The molecule has 3 N–H and O–H groups in total. The van der Waals surface area contributed by atoms with E-state index in [0.717, 1.165) is 30.7 Å². The largest absolute Gasteiger partial charge is 0.399 e. The molecule has 0 aromatic rings. The van der Waals surface area contributed by atoms with E-state index in [4.69, 9.17) is 5.73 Å². The summed E-state index contributed by atoms with van der Waals surface area (Å²) < 4.78 is 4.25. The van der Waals surface area contributed by atoms with E-state index >= 15 is 0 Å². The van der Waals surface area contributed by atoms with Crippen molar-refractivity contribution in [3.8, 4) is 6.07 Å². The number of nitrogens with zero attached hydrogens (tertiary/aromatic N) is 1. The fourth-order valence-electron chi connectivity index (χ4n) is 1.97. The minimum atomic E-state index is 0.587. The van der Waals surface area contributed by atoms with Gasteiger partial charge in [0.1, 0.15) is 0 Å². The molecule has 27 heavy (non-hydrogen) atoms. The molecule has 148 valence electrons. The molecule has 4 nitrogen and oxygen atoms in total. The van der Waals surface area contributed by atoms with Crippen molar-refractivity contribution in [2.24, 2.45) is 5.73 Å². The van der Waals surface area contributed by atoms with E-state index < -0.39 is 0 Å². The average Bonchev–Trinajstić information content (AvgIpc) is 2.65. The maximum atomic E-state index is 9.48. The topological polar surface area (TPSA) is 71.1 Å². The molecule has 0 atom stereocenters. The Morgan fingerprint density at radius 2 is 1.81 bits per heavy atom. The lowest BCUT2D eigenvalue weighted by atomic mass is 10.0. The summed E-state index contributed by atoms with van der Waals surface area (Å²) >= 11 is 0. The summed E-state index contributed by atoms with van der Waals surface area (Å²) in [5.74, 6) is 0. The zero-order chi connectivity index (χ0) is 20.9. The minimum absolute atomic E-state index is 0.587. The van der Waals surface area contributed by atoms with E-state index in [-0.39, 0.29) is 0 Å². The molecular weight excluding hydrogens is 334 g/mol. The van der Waals surface area contributed by atoms with Crippen LogP contribution in [0.25, 0.3) is 0 Å². The molecule has 0 amide bonds. The first-order valence-electron chi connectivity index (χ1n) is 9.06. The van der Waals surface area contributed by atoms with Gasteiger partial charge in [-0.15, -0.1) is 0 Å². The second kappa shape index (κ2) is 19.6. The highest BCUT2D eigenvalue weighted by atomic mass is 16.4. The van der Waals surface area contributed by atoms with Gasteiger partial charge in [-0.1, -0.05) is 50.3 Å². The average molecular weight is 370 g/mol. The van der Waals surface area contributed by atoms with Gasteiger partial charge in [0.25, 0.3) is 0 Å². The van der Waals surface area contributed by atoms with Crippen LogP contribution >= 0.6 is 0 Å². The summed E-state index contributed by atoms with van der Waals surface area (Å²) in [6, 6.07) is 2.26. The minimum Gasteiger partial charge on any atom is -0.399 e. The predicted octanol–water partition coefficient (Wildman–Crippen LogP) is 5.08. The number of hydrogen-bond acceptors (Lipinski definition) is 4. The van der Waals surface area contributed by atoms with Gasteiger partial charge >= 0.3 is 0 Å². The van der Waals surface area contributed by atoms with Crippen molar-refractivity contribution < 1.29 is 4.74 Å². The molecule has 0 aromatic carbocycles. The zero-order valence-electron chi connectivity index (χ0n) is 17.5. The number of unbranched alkanes of at least 4 members (excludes halogenated alkanes) is 1. The van der Waals surface area contributed by atoms with E-state index in [1.54, 1.807) is 32.4 Å². The number of ether oxygens (including phenoxy) is 1. The fourth-order valence-corrected chi connectivity index (χ4v) is 1.97. The van der Waals surface area contributed by atoms with Gasteiger partial charge in [0, 0.05) is 37.7 Å². The normalized spacial score (nSPS) is 13.3. The maximum Gasteiger partial charge on any atom is 0.0998 e. The standard InChI is InChI=1S/C21H29N3.C2H6O/c1-5-9-16-24-21(13-7-3)20(8-4)18(17-22)14-10-11-15-19(23)12-6-2;1-3-2/h6-8,10-15,24H,3,5,9,16,23H2,1-2,4H3;1-2H3/b11-10+,12-6-,18-14+,19-15+,20-8-,21-13+;. The highest BCUT2D eigenvalue weighted by Crippen LogP contribution is 2.18. The Morgan fingerprint density at radius 3 is 2.30 bits per heavy atom. The molecule has 0 saturated carbocycles. The van der Waals surface area contributed by atoms with Crippen LogP contribution in [0.4, 0.5) is 0 Å². The van der Waals surface area contributed by atoms with E-state index in [0.29, 0.717) is 11.3 Å². The van der Waals surface area contributed by atoms with Crippen molar-refractivity contribution >= 4 is 0 Å². The summed E-state index contributed by atoms with van der Waals surface area (Å²) in [5, 5.41) is 12.9. The molecule has 0 saturated heterocycles. The lowest BCUT2D eigenvalue weighted by Gasteiger charge is -2.13. The fraction of sp³-hybridized carbons (Fsp3) is 0.348. The molecule has 0 rings (SSSR count). The van der Waals surface area contributed by atoms with Crippen molar-refractivity contribution in [3.05, 3.63) is 83.8 Å². The van der Waals surface area contributed by atoms with Crippen LogP contribution in [0.2, 0.25) is 0 Å². The lowest BCUT2D eigenvalue weighted by molar-refractivity contribution is 0.277. The molecule has 0 aliphatic rings. The van der Waals surface area contributed by atoms with Gasteiger partial charge < -0.3 is 15.8 Å². The molecule has 0 aliphatic heterocycles. The first-order chi connectivity index (χ1) is 13.1. The van der Waals surface area contributed by atoms with Crippen LogP contribution in [0.15, 0.2) is 83.8 Å². The van der Waals surface area contributed by atoms with Crippen LogP contribution in [0.3, 0.4) is 0 Å². The summed E-state index contributed by atoms with van der Waals surface area (Å²) in [4.78, 5) is 0. The quantitative estimate of drug-likeness (QED) is 0.320. The Morgan fingerprint density at radius 1 is 1.19 bits per heavy atom. The van der Waals surface area contributed by atoms with Crippen molar-refractivity contribution in [2.75, 3.05) is 20.8 Å². The predicted molar refractivity (Wildman–Crippen MR) is 118 cm³/mol. The molecule has 0 unspecified atom stereocenters. The second-order valence-electron chi connectivity index (χ2n) is 5.45. The zero-order valence-corrected chi connectivity index (χ0v) is 17.5. The van der Waals surface area contributed by atoms with E-state index in [1.165, 1.54) is 0 Å². The number of methoxy groups -OCH3 is 1. The van der Waals surface area contributed by atoms with E-state index in [9.17, 15) is 5.26 Å². The third kappa shape index (κ3) is 14.1. The van der Waals surface area contributed by atoms with E-state index in [1.807, 2.05) is 50.3 Å². The Labute approximate surface area is 165 Å². The van der Waals surface area contributed by atoms with Gasteiger partial charge in [-0.25, -0.2) is 0 Å². The van der Waals surface area contributed by atoms with Crippen LogP contribution in [-0.4, -0.2) is 20.8 Å². The molecule has 0 fully saturated rings. The van der Waals surface area contributed by atoms with Crippen molar-refractivity contribution in [2.45, 2.75) is 33.6 Å². The van der Waals surface area contributed by atoms with Crippen molar-refractivity contribution in [1.29, 1.82) is 5.26 Å². The highest BCUT2D eigenvalue weighted by molar-refractivity contribution is 5.54. The number of rotatable bonds is 10. The van der Waals surface area contributed by atoms with Gasteiger partial charge in [0.05, 0.1) is 11.6 Å². The molecule has 0 bridgehead atoms. The highest BCUT2D eigenvalue weighted by Gasteiger charge is 2.08. The number of allylic oxidation sites excluding steroid dienone is 10. The number of hydrogen-bond donors (Lipinski definition) is 2. The monoisotopic (exact) mass is 369 g/mol. The Kier molecular flexibility index (Phi) is 19.2. The molecule has 0 heterocycles.